The van der Waals surface area contributed by atoms with Crippen LogP contribution in [0.4, 0.5) is 0 Å². The lowest BCUT2D eigenvalue weighted by Crippen LogP contribution is -2.42. The molecule has 2 heteroatoms. The fourth-order valence-electron chi connectivity index (χ4n) is 2.72. The van der Waals surface area contributed by atoms with Crippen LogP contribution in [0.1, 0.15) is 38.9 Å². The standard InChI is InChI=1S/C13H21NO/c1-10-5-3-6-11(2)13(10)14-9-12-7-4-8-15-12/h4,7-8,10-11,13-14H,3,5-6,9H2,1-2H3. The van der Waals surface area contributed by atoms with Gasteiger partial charge in [0.15, 0.2) is 0 Å². The van der Waals surface area contributed by atoms with Gasteiger partial charge in [-0.1, -0.05) is 20.3 Å². The van der Waals surface area contributed by atoms with Crippen molar-refractivity contribution in [3.05, 3.63) is 24.2 Å². The van der Waals surface area contributed by atoms with Crippen molar-refractivity contribution in [3.63, 3.8) is 0 Å². The zero-order chi connectivity index (χ0) is 10.7. The highest BCUT2D eigenvalue weighted by atomic mass is 16.3. The molecule has 2 atom stereocenters. The van der Waals surface area contributed by atoms with Gasteiger partial charge in [-0.15, -0.1) is 0 Å². The monoisotopic (exact) mass is 207 g/mol. The molecule has 1 heterocycles. The summed E-state index contributed by atoms with van der Waals surface area (Å²) in [7, 11) is 0. The summed E-state index contributed by atoms with van der Waals surface area (Å²) in [6, 6.07) is 4.64. The lowest BCUT2D eigenvalue weighted by atomic mass is 9.79. The smallest absolute Gasteiger partial charge is 0.117 e. The van der Waals surface area contributed by atoms with Crippen LogP contribution in [0.2, 0.25) is 0 Å². The molecule has 2 unspecified atom stereocenters. The van der Waals surface area contributed by atoms with Crippen molar-refractivity contribution in [2.75, 3.05) is 0 Å². The molecule has 15 heavy (non-hydrogen) atoms. The topological polar surface area (TPSA) is 25.2 Å². The summed E-state index contributed by atoms with van der Waals surface area (Å²) in [4.78, 5) is 0. The van der Waals surface area contributed by atoms with E-state index in [2.05, 4.69) is 19.2 Å². The van der Waals surface area contributed by atoms with Gasteiger partial charge in [-0.2, -0.15) is 0 Å². The summed E-state index contributed by atoms with van der Waals surface area (Å²) in [5.41, 5.74) is 0. The molecule has 0 amide bonds. The molecule has 2 nitrogen and oxygen atoms in total. The van der Waals surface area contributed by atoms with E-state index in [0.29, 0.717) is 6.04 Å². The molecule has 0 bridgehead atoms. The van der Waals surface area contributed by atoms with Gasteiger partial charge in [-0.25, -0.2) is 0 Å². The van der Waals surface area contributed by atoms with E-state index in [4.69, 9.17) is 4.42 Å². The van der Waals surface area contributed by atoms with Crippen LogP contribution in [-0.2, 0) is 6.54 Å². The number of hydrogen-bond donors (Lipinski definition) is 1. The second-order valence-electron chi connectivity index (χ2n) is 4.87. The second-order valence-corrected chi connectivity index (χ2v) is 4.87. The number of rotatable bonds is 3. The van der Waals surface area contributed by atoms with E-state index in [9.17, 15) is 0 Å². The molecular formula is C13H21NO. The quantitative estimate of drug-likeness (QED) is 0.823. The Bertz CT molecular complexity index is 271. The van der Waals surface area contributed by atoms with Gasteiger partial charge in [0.05, 0.1) is 12.8 Å². The Kier molecular flexibility index (Phi) is 3.47. The molecule has 1 aromatic rings. The normalized spacial score (nSPS) is 31.7. The van der Waals surface area contributed by atoms with Crippen molar-refractivity contribution in [2.24, 2.45) is 11.8 Å². The van der Waals surface area contributed by atoms with Crippen LogP contribution in [0.25, 0.3) is 0 Å². The third-order valence-corrected chi connectivity index (χ3v) is 3.64. The Morgan fingerprint density at radius 3 is 2.67 bits per heavy atom. The lowest BCUT2D eigenvalue weighted by molar-refractivity contribution is 0.204. The Hall–Kier alpha value is -0.760. The van der Waals surface area contributed by atoms with Crippen LogP contribution < -0.4 is 5.32 Å². The highest BCUT2D eigenvalue weighted by Crippen LogP contribution is 2.28. The van der Waals surface area contributed by atoms with E-state index in [0.717, 1.165) is 24.1 Å². The third kappa shape index (κ3) is 2.63. The molecule has 2 rings (SSSR count). The van der Waals surface area contributed by atoms with Crippen LogP contribution in [0.15, 0.2) is 22.8 Å². The van der Waals surface area contributed by atoms with E-state index in [-0.39, 0.29) is 0 Å². The van der Waals surface area contributed by atoms with Crippen LogP contribution in [0.3, 0.4) is 0 Å². The molecule has 84 valence electrons. The molecule has 0 radical (unpaired) electrons. The van der Waals surface area contributed by atoms with Crippen molar-refractivity contribution >= 4 is 0 Å². The Labute approximate surface area is 92.1 Å². The summed E-state index contributed by atoms with van der Waals surface area (Å²) >= 11 is 0. The first-order valence-corrected chi connectivity index (χ1v) is 6.03. The first-order chi connectivity index (χ1) is 7.27. The number of hydrogen-bond acceptors (Lipinski definition) is 2. The molecule has 1 aromatic heterocycles. The summed E-state index contributed by atoms with van der Waals surface area (Å²) in [5.74, 6) is 2.63. The Morgan fingerprint density at radius 2 is 2.07 bits per heavy atom. The van der Waals surface area contributed by atoms with E-state index in [1.165, 1.54) is 19.3 Å². The first kappa shape index (κ1) is 10.7. The molecular weight excluding hydrogens is 186 g/mol. The molecule has 1 N–H and O–H groups in total. The van der Waals surface area contributed by atoms with Crippen LogP contribution in [-0.4, -0.2) is 6.04 Å². The van der Waals surface area contributed by atoms with Crippen LogP contribution >= 0.6 is 0 Å². The highest BCUT2D eigenvalue weighted by molar-refractivity contribution is 4.98. The SMILES string of the molecule is CC1CCCC(C)C1NCc1ccco1. The van der Waals surface area contributed by atoms with Crippen molar-refractivity contribution in [1.82, 2.24) is 5.32 Å². The van der Waals surface area contributed by atoms with Gasteiger partial charge in [0.25, 0.3) is 0 Å². The van der Waals surface area contributed by atoms with Crippen molar-refractivity contribution in [1.29, 1.82) is 0 Å². The van der Waals surface area contributed by atoms with E-state index in [1.807, 2.05) is 12.1 Å². The fourth-order valence-corrected chi connectivity index (χ4v) is 2.72. The maximum absolute atomic E-state index is 5.33. The predicted molar refractivity (Wildman–Crippen MR) is 61.5 cm³/mol. The van der Waals surface area contributed by atoms with E-state index >= 15 is 0 Å². The average Bonchev–Trinajstić information content (AvgIpc) is 2.70. The maximum Gasteiger partial charge on any atom is 0.117 e. The molecule has 0 aliphatic heterocycles. The van der Waals surface area contributed by atoms with Crippen molar-refractivity contribution in [2.45, 2.75) is 45.7 Å². The molecule has 0 aromatic carbocycles. The summed E-state index contributed by atoms with van der Waals surface area (Å²) < 4.78 is 5.33. The summed E-state index contributed by atoms with van der Waals surface area (Å²) in [5, 5.41) is 3.63. The van der Waals surface area contributed by atoms with Gasteiger partial charge in [0.1, 0.15) is 5.76 Å². The average molecular weight is 207 g/mol. The maximum atomic E-state index is 5.33. The minimum Gasteiger partial charge on any atom is -0.468 e. The van der Waals surface area contributed by atoms with Gasteiger partial charge in [0.2, 0.25) is 0 Å². The molecule has 0 saturated heterocycles. The van der Waals surface area contributed by atoms with Crippen LogP contribution in [0.5, 0.6) is 0 Å². The van der Waals surface area contributed by atoms with Gasteiger partial charge >= 0.3 is 0 Å². The summed E-state index contributed by atoms with van der Waals surface area (Å²) in [6.07, 6.45) is 5.85. The van der Waals surface area contributed by atoms with Crippen LogP contribution in [0, 0.1) is 11.8 Å². The Balaban J connectivity index is 1.86. The minimum absolute atomic E-state index is 0.656. The molecule has 1 fully saturated rings. The van der Waals surface area contributed by atoms with Gasteiger partial charge < -0.3 is 9.73 Å². The van der Waals surface area contributed by atoms with Gasteiger partial charge in [-0.05, 0) is 36.8 Å². The van der Waals surface area contributed by atoms with Crippen molar-refractivity contribution < 1.29 is 4.42 Å². The van der Waals surface area contributed by atoms with E-state index in [1.54, 1.807) is 6.26 Å². The minimum atomic E-state index is 0.656. The second kappa shape index (κ2) is 4.84. The molecule has 1 saturated carbocycles. The lowest BCUT2D eigenvalue weighted by Gasteiger charge is -2.35. The van der Waals surface area contributed by atoms with Gasteiger partial charge in [0, 0.05) is 6.04 Å². The van der Waals surface area contributed by atoms with Crippen molar-refractivity contribution in [3.8, 4) is 0 Å². The zero-order valence-corrected chi connectivity index (χ0v) is 9.70. The number of nitrogens with one attached hydrogen (secondary N) is 1. The first-order valence-electron chi connectivity index (χ1n) is 6.03. The largest absolute Gasteiger partial charge is 0.468 e. The molecule has 1 aliphatic carbocycles. The molecule has 1 aliphatic rings. The van der Waals surface area contributed by atoms with E-state index < -0.39 is 0 Å². The highest BCUT2D eigenvalue weighted by Gasteiger charge is 2.26. The van der Waals surface area contributed by atoms with Gasteiger partial charge in [-0.3, -0.25) is 0 Å². The predicted octanol–water partition coefficient (Wildman–Crippen LogP) is 3.19. The third-order valence-electron chi connectivity index (χ3n) is 3.64. The summed E-state index contributed by atoms with van der Waals surface area (Å²) in [6.45, 7) is 5.58. The zero-order valence-electron chi connectivity index (χ0n) is 9.70. The fraction of sp³-hybridized carbons (Fsp3) is 0.692. The Morgan fingerprint density at radius 1 is 1.33 bits per heavy atom. The molecule has 0 spiro atoms. The number of furan rings is 1.